The van der Waals surface area contributed by atoms with Gasteiger partial charge in [0.15, 0.2) is 0 Å². The van der Waals surface area contributed by atoms with Crippen LogP contribution < -0.4 is 0 Å². The van der Waals surface area contributed by atoms with Gasteiger partial charge in [0.1, 0.15) is 0 Å². The van der Waals surface area contributed by atoms with Crippen molar-refractivity contribution >= 4 is 52.8 Å². The maximum Gasteiger partial charge on any atom is 0.0885 e. The summed E-state index contributed by atoms with van der Waals surface area (Å²) in [5, 5.41) is 4.12. The SMILES string of the molecule is [3H]c1cc2sc3sccc3c2s1. The molecule has 11 heavy (non-hydrogen) atoms. The Morgan fingerprint density at radius 3 is 3.27 bits per heavy atom. The molecular weight excluding hydrogens is 192 g/mol. The highest BCUT2D eigenvalue weighted by atomic mass is 32.2. The highest BCUT2D eigenvalue weighted by Crippen LogP contribution is 2.39. The first-order valence-electron chi connectivity index (χ1n) is 3.71. The average Bonchev–Trinajstić information content (AvgIpc) is 2.59. The van der Waals surface area contributed by atoms with E-state index in [4.69, 9.17) is 1.37 Å². The molecule has 0 aliphatic carbocycles. The van der Waals surface area contributed by atoms with Gasteiger partial charge in [-0.15, -0.1) is 34.0 Å². The molecule has 0 aliphatic rings. The lowest BCUT2D eigenvalue weighted by molar-refractivity contribution is 2.22. The minimum absolute atomic E-state index is 0.671. The second kappa shape index (κ2) is 2.06. The smallest absolute Gasteiger partial charge is 0.0885 e. The van der Waals surface area contributed by atoms with E-state index < -0.39 is 0 Å². The van der Waals surface area contributed by atoms with E-state index >= 15 is 0 Å². The Bertz CT molecular complexity index is 543. The Balaban J connectivity index is 2.64. The van der Waals surface area contributed by atoms with Gasteiger partial charge in [0, 0.05) is 10.1 Å². The fourth-order valence-corrected chi connectivity index (χ4v) is 4.41. The van der Waals surface area contributed by atoms with Gasteiger partial charge < -0.3 is 0 Å². The van der Waals surface area contributed by atoms with Gasteiger partial charge in [0.05, 0.1) is 10.1 Å². The highest BCUT2D eigenvalue weighted by molar-refractivity contribution is 7.43. The van der Waals surface area contributed by atoms with Gasteiger partial charge in [0.2, 0.25) is 0 Å². The van der Waals surface area contributed by atoms with Crippen LogP contribution in [0.1, 0.15) is 1.37 Å². The average molecular weight is 198 g/mol. The molecule has 3 heterocycles. The fourth-order valence-electron chi connectivity index (χ4n) is 1.16. The highest BCUT2D eigenvalue weighted by Gasteiger charge is 2.05. The van der Waals surface area contributed by atoms with E-state index in [-0.39, 0.29) is 0 Å². The van der Waals surface area contributed by atoms with Gasteiger partial charge in [0.25, 0.3) is 0 Å². The maximum atomic E-state index is 7.50. The van der Waals surface area contributed by atoms with Gasteiger partial charge in [-0.25, -0.2) is 0 Å². The Morgan fingerprint density at radius 2 is 2.27 bits per heavy atom. The number of hydrogen-bond donors (Lipinski definition) is 0. The second-order valence-electron chi connectivity index (χ2n) is 2.28. The molecule has 0 saturated heterocycles. The zero-order valence-corrected chi connectivity index (χ0v) is 7.91. The van der Waals surface area contributed by atoms with Crippen LogP contribution in [0, 0.1) is 0 Å². The van der Waals surface area contributed by atoms with Gasteiger partial charge in [-0.3, -0.25) is 0 Å². The third-order valence-corrected chi connectivity index (χ3v) is 4.85. The van der Waals surface area contributed by atoms with Crippen molar-refractivity contribution in [2.75, 3.05) is 0 Å². The predicted octanol–water partition coefficient (Wildman–Crippen LogP) is 4.18. The normalized spacial score (nSPS) is 12.9. The van der Waals surface area contributed by atoms with Crippen molar-refractivity contribution in [1.82, 2.24) is 0 Å². The van der Waals surface area contributed by atoms with Crippen LogP contribution in [0.4, 0.5) is 0 Å². The summed E-state index contributed by atoms with van der Waals surface area (Å²) in [6.45, 7) is 0. The predicted molar refractivity (Wildman–Crippen MR) is 55.1 cm³/mol. The van der Waals surface area contributed by atoms with Gasteiger partial charge in [-0.2, -0.15) is 0 Å². The van der Waals surface area contributed by atoms with E-state index in [1.807, 2.05) is 6.07 Å². The van der Waals surface area contributed by atoms with Crippen LogP contribution in [-0.2, 0) is 0 Å². The van der Waals surface area contributed by atoms with E-state index in [0.29, 0.717) is 5.36 Å². The zero-order valence-electron chi connectivity index (χ0n) is 6.46. The molecule has 0 atom stereocenters. The zero-order chi connectivity index (χ0) is 8.13. The molecule has 0 unspecified atom stereocenters. The molecule has 0 aromatic carbocycles. The number of thiophene rings is 3. The monoisotopic (exact) mass is 198 g/mol. The number of hydrogen-bond acceptors (Lipinski definition) is 3. The minimum atomic E-state index is 0.671. The molecule has 3 heteroatoms. The molecule has 0 N–H and O–H groups in total. The molecule has 3 aromatic rings. The number of fused-ring (bicyclic) bond motifs is 3. The molecule has 0 nitrogen and oxygen atoms in total. The standard InChI is InChI=1S/C8H4S3/c1-3-10-8-5(1)7-6(11-8)2-4-9-7/h1-4H/i4T. The van der Waals surface area contributed by atoms with Crippen LogP contribution in [0.5, 0.6) is 0 Å². The summed E-state index contributed by atoms with van der Waals surface area (Å²) in [5.74, 6) is 0. The minimum Gasteiger partial charge on any atom is -0.142 e. The van der Waals surface area contributed by atoms with E-state index in [1.54, 1.807) is 34.0 Å². The van der Waals surface area contributed by atoms with Crippen LogP contribution in [-0.4, -0.2) is 0 Å². The Morgan fingerprint density at radius 1 is 1.27 bits per heavy atom. The quantitative estimate of drug-likeness (QED) is 0.508. The molecule has 3 rings (SSSR count). The lowest BCUT2D eigenvalue weighted by Crippen LogP contribution is -1.43. The summed E-state index contributed by atoms with van der Waals surface area (Å²) in [4.78, 5) is 0. The van der Waals surface area contributed by atoms with Crippen molar-refractivity contribution in [3.05, 3.63) is 22.9 Å². The second-order valence-corrected chi connectivity index (χ2v) is 5.36. The molecule has 54 valence electrons. The lowest BCUT2D eigenvalue weighted by atomic mass is 10.4. The van der Waals surface area contributed by atoms with Crippen LogP contribution in [0.25, 0.3) is 18.8 Å². The van der Waals surface area contributed by atoms with Crippen LogP contribution in [0.3, 0.4) is 0 Å². The topological polar surface area (TPSA) is 0 Å². The summed E-state index contributed by atoms with van der Waals surface area (Å²) in [7, 11) is 0. The van der Waals surface area contributed by atoms with Gasteiger partial charge in [-0.05, 0) is 22.9 Å². The van der Waals surface area contributed by atoms with Crippen molar-refractivity contribution in [3.63, 3.8) is 0 Å². The molecule has 0 amide bonds. The molecule has 0 aliphatic heterocycles. The third-order valence-electron chi connectivity index (χ3n) is 1.65. The van der Waals surface area contributed by atoms with Crippen LogP contribution in [0.15, 0.2) is 22.9 Å². The van der Waals surface area contributed by atoms with Gasteiger partial charge in [-0.1, -0.05) is 0 Å². The van der Waals surface area contributed by atoms with Crippen molar-refractivity contribution in [2.24, 2.45) is 0 Å². The summed E-state index contributed by atoms with van der Waals surface area (Å²) < 4.78 is 11.4. The van der Waals surface area contributed by atoms with Crippen molar-refractivity contribution in [3.8, 4) is 0 Å². The lowest BCUT2D eigenvalue weighted by Gasteiger charge is -1.71. The first-order valence-corrected chi connectivity index (χ1v) is 5.72. The van der Waals surface area contributed by atoms with Gasteiger partial charge >= 0.3 is 0 Å². The van der Waals surface area contributed by atoms with E-state index in [0.717, 1.165) is 0 Å². The first-order chi connectivity index (χ1) is 5.84. The molecule has 0 radical (unpaired) electrons. The summed E-state index contributed by atoms with van der Waals surface area (Å²) in [5.41, 5.74) is 0. The van der Waals surface area contributed by atoms with Crippen LogP contribution >= 0.6 is 34.0 Å². The van der Waals surface area contributed by atoms with Crippen molar-refractivity contribution in [1.29, 1.82) is 0 Å². The third kappa shape index (κ3) is 0.732. The molecule has 0 fully saturated rings. The van der Waals surface area contributed by atoms with E-state index in [9.17, 15) is 0 Å². The Labute approximate surface area is 77.1 Å². The van der Waals surface area contributed by atoms with Crippen molar-refractivity contribution < 1.29 is 1.37 Å². The number of rotatable bonds is 0. The summed E-state index contributed by atoms with van der Waals surface area (Å²) >= 11 is 5.16. The fraction of sp³-hybridized carbons (Fsp3) is 0. The Kier molecular flexibility index (Phi) is 0.993. The molecule has 0 saturated carbocycles. The summed E-state index contributed by atoms with van der Waals surface area (Å²) in [6, 6.07) is 4.10. The molecule has 3 aromatic heterocycles. The molecular formula is C8H4S3. The maximum absolute atomic E-state index is 7.50. The van der Waals surface area contributed by atoms with Crippen LogP contribution in [0.2, 0.25) is 0 Å². The van der Waals surface area contributed by atoms with Crippen molar-refractivity contribution in [2.45, 2.75) is 0 Å². The van der Waals surface area contributed by atoms with E-state index in [2.05, 4.69) is 11.4 Å². The molecule has 0 bridgehead atoms. The molecule has 0 spiro atoms. The largest absolute Gasteiger partial charge is 0.142 e. The first kappa shape index (κ1) is 5.30. The Hall–Kier alpha value is -0.380. The van der Waals surface area contributed by atoms with E-state index in [1.165, 1.54) is 18.8 Å². The summed E-state index contributed by atoms with van der Waals surface area (Å²) in [6.07, 6.45) is 0.